The lowest BCUT2D eigenvalue weighted by molar-refractivity contribution is -0.122. The maximum absolute atomic E-state index is 12.9. The summed E-state index contributed by atoms with van der Waals surface area (Å²) in [5, 5.41) is 2.94. The van der Waals surface area contributed by atoms with Crippen LogP contribution in [0.1, 0.15) is 43.7 Å². The molecular weight excluding hydrogens is 362 g/mol. The fourth-order valence-corrected chi connectivity index (χ4v) is 5.32. The minimum absolute atomic E-state index is 0.0287. The zero-order valence-corrected chi connectivity index (χ0v) is 17.1. The highest BCUT2D eigenvalue weighted by molar-refractivity contribution is 7.89. The van der Waals surface area contributed by atoms with E-state index >= 15 is 0 Å². The summed E-state index contributed by atoms with van der Waals surface area (Å²) < 4.78 is 27.4. The van der Waals surface area contributed by atoms with Gasteiger partial charge in [0, 0.05) is 32.7 Å². The standard InChI is InChI=1S/C20H31N3O3S/c1-2-3-4-10-21-20(24)16-22-11-13-23(14-12-22)27(25,26)19-9-8-17-6-5-7-18(17)15-19/h8-9,15H,2-7,10-14,16H2,1H3,(H,21,24). The predicted molar refractivity (Wildman–Crippen MR) is 106 cm³/mol. The number of nitrogens with zero attached hydrogens (tertiary/aromatic N) is 2. The SMILES string of the molecule is CCCCCNC(=O)CN1CCN(S(=O)(=O)c2ccc3c(c2)CCC3)CC1. The maximum Gasteiger partial charge on any atom is 0.243 e. The fourth-order valence-electron chi connectivity index (χ4n) is 3.85. The molecule has 3 rings (SSSR count). The van der Waals surface area contributed by atoms with Gasteiger partial charge < -0.3 is 5.32 Å². The number of unbranched alkanes of at least 4 members (excludes halogenated alkanes) is 2. The van der Waals surface area contributed by atoms with Crippen molar-refractivity contribution in [3.63, 3.8) is 0 Å². The highest BCUT2D eigenvalue weighted by Gasteiger charge is 2.29. The molecule has 0 atom stereocenters. The van der Waals surface area contributed by atoms with Gasteiger partial charge in [-0.05, 0) is 48.9 Å². The largest absolute Gasteiger partial charge is 0.355 e. The molecule has 0 radical (unpaired) electrons. The molecule has 1 N–H and O–H groups in total. The molecule has 1 aromatic rings. The zero-order valence-electron chi connectivity index (χ0n) is 16.2. The number of rotatable bonds is 8. The second kappa shape index (κ2) is 9.17. The van der Waals surface area contributed by atoms with Gasteiger partial charge in [0.2, 0.25) is 15.9 Å². The summed E-state index contributed by atoms with van der Waals surface area (Å²) >= 11 is 0. The van der Waals surface area contributed by atoms with E-state index in [0.717, 1.165) is 45.1 Å². The first-order chi connectivity index (χ1) is 13.0. The fraction of sp³-hybridized carbons (Fsp3) is 0.650. The summed E-state index contributed by atoms with van der Waals surface area (Å²) in [5.41, 5.74) is 2.46. The minimum atomic E-state index is -3.45. The molecule has 0 spiro atoms. The smallest absolute Gasteiger partial charge is 0.243 e. The Morgan fingerprint density at radius 3 is 2.56 bits per heavy atom. The Morgan fingerprint density at radius 2 is 1.81 bits per heavy atom. The third-order valence-electron chi connectivity index (χ3n) is 5.51. The number of carbonyl (C=O) groups excluding carboxylic acids is 1. The zero-order chi connectivity index (χ0) is 19.3. The summed E-state index contributed by atoms with van der Waals surface area (Å²) in [6.07, 6.45) is 6.40. The first-order valence-electron chi connectivity index (χ1n) is 10.1. The van der Waals surface area contributed by atoms with Crippen molar-refractivity contribution in [1.29, 1.82) is 0 Å². The normalized spacial score (nSPS) is 18.4. The summed E-state index contributed by atoms with van der Waals surface area (Å²) in [6, 6.07) is 5.57. The number of hydrogen-bond acceptors (Lipinski definition) is 4. The van der Waals surface area contributed by atoms with Crippen LogP contribution in [0.4, 0.5) is 0 Å². The lowest BCUT2D eigenvalue weighted by atomic mass is 10.1. The molecule has 6 nitrogen and oxygen atoms in total. The van der Waals surface area contributed by atoms with Crippen LogP contribution in [0.3, 0.4) is 0 Å². The second-order valence-electron chi connectivity index (χ2n) is 7.52. The lowest BCUT2D eigenvalue weighted by Crippen LogP contribution is -2.51. The number of piperazine rings is 1. The molecule has 27 heavy (non-hydrogen) atoms. The van der Waals surface area contributed by atoms with E-state index in [-0.39, 0.29) is 5.91 Å². The van der Waals surface area contributed by atoms with Crippen molar-refractivity contribution in [1.82, 2.24) is 14.5 Å². The van der Waals surface area contributed by atoms with Crippen LogP contribution < -0.4 is 5.32 Å². The number of carbonyl (C=O) groups is 1. The Bertz CT molecular complexity index is 756. The monoisotopic (exact) mass is 393 g/mol. The average Bonchev–Trinajstić information content (AvgIpc) is 3.13. The van der Waals surface area contributed by atoms with E-state index in [1.165, 1.54) is 11.1 Å². The molecule has 1 amide bonds. The molecule has 0 unspecified atom stereocenters. The molecule has 0 bridgehead atoms. The van der Waals surface area contributed by atoms with Crippen LogP contribution >= 0.6 is 0 Å². The highest BCUT2D eigenvalue weighted by Crippen LogP contribution is 2.26. The van der Waals surface area contributed by atoms with E-state index in [2.05, 4.69) is 12.2 Å². The maximum atomic E-state index is 12.9. The number of benzene rings is 1. The Balaban J connectivity index is 1.50. The van der Waals surface area contributed by atoms with Gasteiger partial charge in [-0.3, -0.25) is 9.69 Å². The number of sulfonamides is 1. The van der Waals surface area contributed by atoms with Crippen LogP contribution in [0.25, 0.3) is 0 Å². The third kappa shape index (κ3) is 5.09. The van der Waals surface area contributed by atoms with Gasteiger partial charge in [-0.2, -0.15) is 4.31 Å². The number of nitrogens with one attached hydrogen (secondary N) is 1. The van der Waals surface area contributed by atoms with Crippen molar-refractivity contribution in [3.05, 3.63) is 29.3 Å². The third-order valence-corrected chi connectivity index (χ3v) is 7.40. The van der Waals surface area contributed by atoms with E-state index in [1.807, 2.05) is 17.0 Å². The summed E-state index contributed by atoms with van der Waals surface area (Å²) in [6.45, 7) is 5.25. The number of hydrogen-bond donors (Lipinski definition) is 1. The van der Waals surface area contributed by atoms with Gasteiger partial charge in [-0.25, -0.2) is 8.42 Å². The van der Waals surface area contributed by atoms with Gasteiger partial charge in [0.15, 0.2) is 0 Å². The van der Waals surface area contributed by atoms with Crippen LogP contribution in [-0.4, -0.2) is 62.8 Å². The Kier molecular flexibility index (Phi) is 6.89. The van der Waals surface area contributed by atoms with Crippen LogP contribution in [0.2, 0.25) is 0 Å². The molecule has 1 aromatic carbocycles. The van der Waals surface area contributed by atoms with Gasteiger partial charge >= 0.3 is 0 Å². The van der Waals surface area contributed by atoms with Crippen LogP contribution in [0.15, 0.2) is 23.1 Å². The van der Waals surface area contributed by atoms with Crippen molar-refractivity contribution in [2.45, 2.75) is 50.3 Å². The summed E-state index contributed by atoms with van der Waals surface area (Å²) in [5.74, 6) is 0.0287. The van der Waals surface area contributed by atoms with Gasteiger partial charge in [0.05, 0.1) is 11.4 Å². The van der Waals surface area contributed by atoms with Crippen molar-refractivity contribution >= 4 is 15.9 Å². The molecule has 1 aliphatic heterocycles. The van der Waals surface area contributed by atoms with Crippen molar-refractivity contribution in [2.75, 3.05) is 39.3 Å². The topological polar surface area (TPSA) is 69.7 Å². The molecule has 1 aliphatic carbocycles. The van der Waals surface area contributed by atoms with E-state index in [9.17, 15) is 13.2 Å². The molecule has 1 heterocycles. The van der Waals surface area contributed by atoms with Crippen LogP contribution in [0, 0.1) is 0 Å². The predicted octanol–water partition coefficient (Wildman–Crippen LogP) is 1.79. The molecular formula is C20H31N3O3S. The number of amides is 1. The van der Waals surface area contributed by atoms with E-state index in [1.54, 1.807) is 10.4 Å². The Labute approximate surface area is 163 Å². The van der Waals surface area contributed by atoms with E-state index < -0.39 is 10.0 Å². The van der Waals surface area contributed by atoms with Crippen LogP contribution in [0.5, 0.6) is 0 Å². The number of fused-ring (bicyclic) bond motifs is 1. The summed E-state index contributed by atoms with van der Waals surface area (Å²) in [4.78, 5) is 14.4. The van der Waals surface area contributed by atoms with Gasteiger partial charge in [0.1, 0.15) is 0 Å². The molecule has 0 aromatic heterocycles. The molecule has 1 saturated heterocycles. The first kappa shape index (κ1) is 20.3. The quantitative estimate of drug-likeness (QED) is 0.684. The molecule has 0 saturated carbocycles. The minimum Gasteiger partial charge on any atom is -0.355 e. The first-order valence-corrected chi connectivity index (χ1v) is 11.6. The Morgan fingerprint density at radius 1 is 1.07 bits per heavy atom. The van der Waals surface area contributed by atoms with Gasteiger partial charge in [0.25, 0.3) is 0 Å². The summed E-state index contributed by atoms with van der Waals surface area (Å²) in [7, 11) is -3.45. The molecule has 2 aliphatic rings. The average molecular weight is 394 g/mol. The molecule has 150 valence electrons. The van der Waals surface area contributed by atoms with E-state index in [0.29, 0.717) is 37.6 Å². The van der Waals surface area contributed by atoms with Gasteiger partial charge in [-0.1, -0.05) is 25.8 Å². The van der Waals surface area contributed by atoms with Gasteiger partial charge in [-0.15, -0.1) is 0 Å². The molecule has 1 fully saturated rings. The Hall–Kier alpha value is -1.44. The van der Waals surface area contributed by atoms with Crippen molar-refractivity contribution in [3.8, 4) is 0 Å². The van der Waals surface area contributed by atoms with Crippen LogP contribution in [-0.2, 0) is 27.7 Å². The lowest BCUT2D eigenvalue weighted by Gasteiger charge is -2.33. The highest BCUT2D eigenvalue weighted by atomic mass is 32.2. The number of aryl methyl sites for hydroxylation is 2. The van der Waals surface area contributed by atoms with Crippen molar-refractivity contribution in [2.24, 2.45) is 0 Å². The van der Waals surface area contributed by atoms with Crippen molar-refractivity contribution < 1.29 is 13.2 Å². The molecule has 7 heteroatoms. The van der Waals surface area contributed by atoms with E-state index in [4.69, 9.17) is 0 Å². The second-order valence-corrected chi connectivity index (χ2v) is 9.46.